The van der Waals surface area contributed by atoms with Crippen molar-refractivity contribution in [1.29, 1.82) is 0 Å². The Hall–Kier alpha value is -0.940. The van der Waals surface area contributed by atoms with Crippen molar-refractivity contribution in [2.24, 2.45) is 5.41 Å². The number of Topliss-reactive ketones (excluding diaryl/α,β-unsaturated/α-hetero) is 1. The Morgan fingerprint density at radius 2 is 2.17 bits per heavy atom. The first kappa shape index (κ1) is 13.5. The van der Waals surface area contributed by atoms with Gasteiger partial charge in [-0.3, -0.25) is 4.79 Å². The van der Waals surface area contributed by atoms with Crippen LogP contribution in [0.15, 0.2) is 0 Å². The quantitative estimate of drug-likeness (QED) is 0.841. The summed E-state index contributed by atoms with van der Waals surface area (Å²) in [4.78, 5) is 19.6. The Bertz CT molecular complexity index is 454. The van der Waals surface area contributed by atoms with E-state index in [0.717, 1.165) is 28.7 Å². The lowest BCUT2D eigenvalue weighted by molar-refractivity contribution is 0.0916. The zero-order valence-corrected chi connectivity index (χ0v) is 12.3. The number of hydrogen-bond acceptors (Lipinski definition) is 5. The molecule has 0 atom stereocenters. The van der Waals surface area contributed by atoms with Crippen LogP contribution >= 0.6 is 11.3 Å². The molecule has 0 spiro atoms. The smallest absolute Gasteiger partial charge is 0.186 e. The highest BCUT2D eigenvalue weighted by Gasteiger charge is 2.34. The van der Waals surface area contributed by atoms with E-state index in [1.165, 1.54) is 11.3 Å². The van der Waals surface area contributed by atoms with E-state index in [4.69, 9.17) is 4.74 Å². The molecular weight excluding hydrogens is 248 g/mol. The molecule has 0 fully saturated rings. The van der Waals surface area contributed by atoms with Crippen LogP contribution < -0.4 is 4.90 Å². The van der Waals surface area contributed by atoms with E-state index in [9.17, 15) is 4.79 Å². The number of carbonyl (C=O) groups excluding carboxylic acids is 1. The van der Waals surface area contributed by atoms with Crippen molar-refractivity contribution in [3.63, 3.8) is 0 Å². The maximum Gasteiger partial charge on any atom is 0.186 e. The molecule has 1 aliphatic carbocycles. The molecule has 1 aliphatic rings. The van der Waals surface area contributed by atoms with Crippen LogP contribution in [0.5, 0.6) is 0 Å². The van der Waals surface area contributed by atoms with Gasteiger partial charge in [0.05, 0.1) is 17.2 Å². The zero-order valence-electron chi connectivity index (χ0n) is 11.4. The molecule has 5 heteroatoms. The van der Waals surface area contributed by atoms with Gasteiger partial charge in [-0.2, -0.15) is 0 Å². The Morgan fingerprint density at radius 1 is 1.44 bits per heavy atom. The van der Waals surface area contributed by atoms with Crippen LogP contribution in [0.25, 0.3) is 0 Å². The molecule has 0 radical (unpaired) electrons. The van der Waals surface area contributed by atoms with E-state index in [1.54, 1.807) is 7.11 Å². The number of likely N-dealkylation sites (N-methyl/N-ethyl adjacent to an activating group) is 1. The van der Waals surface area contributed by atoms with E-state index in [1.807, 2.05) is 11.9 Å². The topological polar surface area (TPSA) is 42.4 Å². The maximum absolute atomic E-state index is 12.1. The Labute approximate surface area is 112 Å². The van der Waals surface area contributed by atoms with Crippen LogP contribution in [0.2, 0.25) is 0 Å². The number of hydrogen-bond donors (Lipinski definition) is 0. The first-order valence-corrected chi connectivity index (χ1v) is 6.97. The third-order valence-electron chi connectivity index (χ3n) is 3.18. The molecular formula is C13H20N2O2S. The summed E-state index contributed by atoms with van der Waals surface area (Å²) < 4.78 is 5.06. The Morgan fingerprint density at radius 3 is 2.83 bits per heavy atom. The minimum atomic E-state index is 0.0422. The van der Waals surface area contributed by atoms with Gasteiger partial charge in [0.15, 0.2) is 10.9 Å². The van der Waals surface area contributed by atoms with Crippen molar-refractivity contribution in [3.8, 4) is 0 Å². The van der Waals surface area contributed by atoms with Gasteiger partial charge in [0, 0.05) is 27.1 Å². The molecule has 0 N–H and O–H groups in total. The van der Waals surface area contributed by atoms with Crippen LogP contribution in [-0.2, 0) is 11.2 Å². The highest BCUT2D eigenvalue weighted by atomic mass is 32.1. The number of ether oxygens (including phenoxy) is 1. The standard InChI is InChI=1S/C13H20N2O2S/c1-13(2)7-9-11(10(16)8-13)18-12(14-9)15(3)5-6-17-4/h5-8H2,1-4H3. The predicted octanol–water partition coefficient (Wildman–Crippen LogP) is 2.38. The number of methoxy groups -OCH3 is 1. The molecule has 100 valence electrons. The SMILES string of the molecule is COCCN(C)c1nc2c(s1)C(=O)CC(C)(C)C2. The minimum Gasteiger partial charge on any atom is -0.383 e. The number of thiazole rings is 1. The van der Waals surface area contributed by atoms with Crippen LogP contribution in [-0.4, -0.2) is 38.1 Å². The number of rotatable bonds is 4. The third kappa shape index (κ3) is 2.72. The molecule has 0 aliphatic heterocycles. The molecule has 1 aromatic heterocycles. The molecule has 1 aromatic rings. The molecule has 4 nitrogen and oxygen atoms in total. The first-order chi connectivity index (χ1) is 8.43. The fourth-order valence-corrected chi connectivity index (χ4v) is 3.20. The van der Waals surface area contributed by atoms with Gasteiger partial charge in [0.25, 0.3) is 0 Å². The van der Waals surface area contributed by atoms with E-state index >= 15 is 0 Å². The molecule has 0 aromatic carbocycles. The highest BCUT2D eigenvalue weighted by molar-refractivity contribution is 7.17. The van der Waals surface area contributed by atoms with Gasteiger partial charge in [-0.1, -0.05) is 25.2 Å². The second kappa shape index (κ2) is 4.97. The number of ketones is 1. The average Bonchev–Trinajstić information content (AvgIpc) is 2.68. The number of carbonyl (C=O) groups is 1. The van der Waals surface area contributed by atoms with Crippen LogP contribution in [0.4, 0.5) is 5.13 Å². The second-order valence-electron chi connectivity index (χ2n) is 5.63. The molecule has 1 heterocycles. The lowest BCUT2D eigenvalue weighted by atomic mass is 9.78. The summed E-state index contributed by atoms with van der Waals surface area (Å²) in [5.74, 6) is 0.241. The third-order valence-corrected chi connectivity index (χ3v) is 4.43. The van der Waals surface area contributed by atoms with Crippen LogP contribution in [0, 0.1) is 5.41 Å². The van der Waals surface area contributed by atoms with Crippen molar-refractivity contribution < 1.29 is 9.53 Å². The first-order valence-electron chi connectivity index (χ1n) is 6.16. The Balaban J connectivity index is 2.21. The van der Waals surface area contributed by atoms with E-state index < -0.39 is 0 Å². The summed E-state index contributed by atoms with van der Waals surface area (Å²) in [7, 11) is 3.67. The summed E-state index contributed by atoms with van der Waals surface area (Å²) in [6.07, 6.45) is 1.52. The van der Waals surface area contributed by atoms with Crippen LogP contribution in [0.3, 0.4) is 0 Å². The van der Waals surface area contributed by atoms with E-state index in [-0.39, 0.29) is 11.2 Å². The maximum atomic E-state index is 12.1. The number of aromatic nitrogens is 1. The lowest BCUT2D eigenvalue weighted by Crippen LogP contribution is -2.26. The second-order valence-corrected chi connectivity index (χ2v) is 6.61. The number of nitrogens with zero attached hydrogens (tertiary/aromatic N) is 2. The molecule has 2 rings (SSSR count). The van der Waals surface area contributed by atoms with Crippen molar-refractivity contribution >= 4 is 22.3 Å². The minimum absolute atomic E-state index is 0.0422. The fourth-order valence-electron chi connectivity index (χ4n) is 2.19. The molecule has 0 saturated heterocycles. The molecule has 0 unspecified atom stereocenters. The molecule has 0 bridgehead atoms. The number of fused-ring (bicyclic) bond motifs is 1. The van der Waals surface area contributed by atoms with Crippen molar-refractivity contribution in [3.05, 3.63) is 10.6 Å². The largest absolute Gasteiger partial charge is 0.383 e. The average molecular weight is 268 g/mol. The monoisotopic (exact) mass is 268 g/mol. The zero-order chi connectivity index (χ0) is 13.3. The predicted molar refractivity (Wildman–Crippen MR) is 73.7 cm³/mol. The summed E-state index contributed by atoms with van der Waals surface area (Å²) in [5.41, 5.74) is 1.01. The van der Waals surface area contributed by atoms with Gasteiger partial charge in [-0.05, 0) is 11.8 Å². The molecule has 18 heavy (non-hydrogen) atoms. The van der Waals surface area contributed by atoms with E-state index in [0.29, 0.717) is 13.0 Å². The summed E-state index contributed by atoms with van der Waals surface area (Å²) in [6.45, 7) is 5.71. The van der Waals surface area contributed by atoms with Gasteiger partial charge in [-0.25, -0.2) is 4.98 Å². The van der Waals surface area contributed by atoms with Crippen molar-refractivity contribution in [1.82, 2.24) is 4.98 Å². The van der Waals surface area contributed by atoms with Gasteiger partial charge in [0.2, 0.25) is 0 Å². The Kier molecular flexibility index (Phi) is 3.73. The fraction of sp³-hybridized carbons (Fsp3) is 0.692. The summed E-state index contributed by atoms with van der Waals surface area (Å²) >= 11 is 1.51. The molecule has 0 amide bonds. The summed E-state index contributed by atoms with van der Waals surface area (Å²) in [5, 5.41) is 0.920. The van der Waals surface area contributed by atoms with Gasteiger partial charge in [0.1, 0.15) is 0 Å². The van der Waals surface area contributed by atoms with Crippen molar-refractivity contribution in [2.45, 2.75) is 26.7 Å². The van der Waals surface area contributed by atoms with Gasteiger partial charge < -0.3 is 9.64 Å². The number of anilines is 1. The highest BCUT2D eigenvalue weighted by Crippen LogP contribution is 2.38. The lowest BCUT2D eigenvalue weighted by Gasteiger charge is -2.26. The van der Waals surface area contributed by atoms with Gasteiger partial charge in [-0.15, -0.1) is 0 Å². The van der Waals surface area contributed by atoms with Crippen molar-refractivity contribution in [2.75, 3.05) is 32.2 Å². The molecule has 0 saturated carbocycles. The van der Waals surface area contributed by atoms with E-state index in [2.05, 4.69) is 18.8 Å². The van der Waals surface area contributed by atoms with Crippen LogP contribution in [0.1, 0.15) is 35.6 Å². The van der Waals surface area contributed by atoms with Gasteiger partial charge >= 0.3 is 0 Å². The summed E-state index contributed by atoms with van der Waals surface area (Å²) in [6, 6.07) is 0. The normalized spacial score (nSPS) is 17.7.